The summed E-state index contributed by atoms with van der Waals surface area (Å²) in [6.07, 6.45) is -11.5. The number of hydrogen-bond acceptors (Lipinski definition) is 15. The quantitative estimate of drug-likeness (QED) is 0.349. The van der Waals surface area contributed by atoms with Crippen LogP contribution < -0.4 is 0 Å². The van der Waals surface area contributed by atoms with E-state index in [0.29, 0.717) is 0 Å². The molecule has 24 heteroatoms. The summed E-state index contributed by atoms with van der Waals surface area (Å²) in [6, 6.07) is 0. The Labute approximate surface area is 167 Å². The summed E-state index contributed by atoms with van der Waals surface area (Å²) >= 11 is 0. The summed E-state index contributed by atoms with van der Waals surface area (Å²) in [5, 5.41) is 0. The predicted octanol–water partition coefficient (Wildman–Crippen LogP) is 0.872. The molecule has 1 aliphatic carbocycles. The van der Waals surface area contributed by atoms with Crippen LogP contribution >= 0.6 is 48.2 Å². The lowest BCUT2D eigenvalue weighted by molar-refractivity contribution is -0.179. The van der Waals surface area contributed by atoms with Crippen molar-refractivity contribution in [1.29, 1.82) is 0 Å². The Morgan fingerprint density at radius 1 is 0.567 bits per heavy atom. The van der Waals surface area contributed by atoms with E-state index in [1.807, 2.05) is 0 Å². The Morgan fingerprint density at radius 3 is 1.43 bits per heavy atom. The van der Waals surface area contributed by atoms with Gasteiger partial charge in [-0.05, 0) is 0 Å². The number of hydrogen-bond donors (Lipinski definition) is 3. The predicted molar refractivity (Wildman–Crippen MR) is 89.0 cm³/mol. The van der Waals surface area contributed by atoms with Gasteiger partial charge in [-0.15, -0.1) is 0 Å². The Hall–Kier alpha value is 0.900. The van der Waals surface area contributed by atoms with Crippen LogP contribution in [-0.2, 0) is 67.5 Å². The molecule has 12 atom stereocenters. The largest absolute Gasteiger partial charge is 0.481 e. The van der Waals surface area contributed by atoms with Crippen molar-refractivity contribution in [2.75, 3.05) is 0 Å². The average molecular weight is 558 g/mol. The summed E-state index contributed by atoms with van der Waals surface area (Å²) in [5.74, 6) is 0. The molecule has 0 radical (unpaired) electrons. The third-order valence-electron chi connectivity index (χ3n) is 3.97. The molecule has 0 aromatic rings. The van der Waals surface area contributed by atoms with Gasteiger partial charge >= 0.3 is 48.2 Å². The highest BCUT2D eigenvalue weighted by atomic mass is 31.3. The van der Waals surface area contributed by atoms with Gasteiger partial charge in [0.25, 0.3) is 0 Å². The van der Waals surface area contributed by atoms with Crippen molar-refractivity contribution in [2.45, 2.75) is 36.6 Å². The molecule has 0 bridgehead atoms. The van der Waals surface area contributed by atoms with E-state index in [0.717, 1.165) is 0 Å². The molecule has 18 nitrogen and oxygen atoms in total. The minimum absolute atomic E-state index is 1.77. The summed E-state index contributed by atoms with van der Waals surface area (Å²) < 4.78 is 114. The zero-order chi connectivity index (χ0) is 22.1. The maximum Gasteiger partial charge on any atom is 0.481 e. The summed E-state index contributed by atoms with van der Waals surface area (Å²) in [6.45, 7) is 0. The number of fused-ring (bicyclic) bond motifs is 6. The molecule has 0 amide bonds. The molecular weight excluding hydrogens is 546 g/mol. The van der Waals surface area contributed by atoms with Crippen molar-refractivity contribution >= 4 is 48.2 Å². The summed E-state index contributed by atoms with van der Waals surface area (Å²) in [4.78, 5) is 29.1. The van der Waals surface area contributed by atoms with Crippen molar-refractivity contribution in [1.82, 2.24) is 0 Å². The van der Waals surface area contributed by atoms with E-state index in [2.05, 4.69) is 12.9 Å². The van der Waals surface area contributed by atoms with Crippen LogP contribution in [0.4, 0.5) is 0 Å². The van der Waals surface area contributed by atoms with Crippen molar-refractivity contribution in [3.8, 4) is 0 Å². The van der Waals surface area contributed by atoms with E-state index < -0.39 is 84.9 Å². The third kappa shape index (κ3) is 5.03. The first kappa shape index (κ1) is 24.0. The van der Waals surface area contributed by atoms with Gasteiger partial charge in [-0.25, -0.2) is 22.3 Å². The molecule has 30 heavy (non-hydrogen) atoms. The van der Waals surface area contributed by atoms with Gasteiger partial charge in [0.15, 0.2) is 0 Å². The van der Waals surface area contributed by atoms with Gasteiger partial charge in [0.05, 0.1) is 0 Å². The molecule has 174 valence electrons. The second-order valence-electron chi connectivity index (χ2n) is 5.89. The Morgan fingerprint density at radius 2 is 0.933 bits per heavy atom. The molecule has 4 rings (SSSR count). The van der Waals surface area contributed by atoms with Crippen molar-refractivity contribution in [3.05, 3.63) is 0 Å². The summed E-state index contributed by atoms with van der Waals surface area (Å²) in [5.41, 5.74) is 0. The minimum Gasteiger partial charge on any atom is -0.302 e. The second kappa shape index (κ2) is 8.29. The molecule has 0 aromatic heterocycles. The zero-order valence-electron chi connectivity index (χ0n) is 13.8. The first-order valence-corrected chi connectivity index (χ1v) is 15.7. The summed E-state index contributed by atoms with van der Waals surface area (Å²) in [7, 11) is -26.8. The smallest absolute Gasteiger partial charge is 0.302 e. The van der Waals surface area contributed by atoms with Gasteiger partial charge in [-0.3, -0.25) is 27.3 Å². The fraction of sp³-hybridized carbons (Fsp3) is 1.00. The normalized spacial score (nSPS) is 59.5. The number of phosphoric ester groups is 3. The topological polar surface area (TPSA) is 246 Å². The standard InChI is InChI=1S/C6H12O18P6/c7-25-16-1-2(17-26(8)22-25)5-6(21-30(14,15)24-29(12,13)20-5)4-3(1)18-27(9)23-28(10,11)19-4/h1-6,25-27H,(H,10,11)(H,12,13)(H,14,15). The Balaban J connectivity index is 1.86. The lowest BCUT2D eigenvalue weighted by Gasteiger charge is -2.45. The van der Waals surface area contributed by atoms with Crippen LogP contribution in [0.1, 0.15) is 0 Å². The SMILES string of the molecule is O=[PH]1OC2C(O[PH](=O)O1)C1OP(=O)(O)OP(=O)(O)OC1C1OP(=O)(O)O[PH](=O)OC21. The van der Waals surface area contributed by atoms with Crippen LogP contribution in [0, 0.1) is 0 Å². The average Bonchev–Trinajstić information content (AvgIpc) is 2.81. The van der Waals surface area contributed by atoms with Gasteiger partial charge in [0.1, 0.15) is 36.6 Å². The maximum atomic E-state index is 12.0. The molecule has 3 aliphatic heterocycles. The van der Waals surface area contributed by atoms with Crippen LogP contribution in [0.2, 0.25) is 0 Å². The highest BCUT2D eigenvalue weighted by molar-refractivity contribution is 7.61. The highest BCUT2D eigenvalue weighted by Gasteiger charge is 2.64. The molecule has 3 saturated heterocycles. The molecule has 0 spiro atoms. The van der Waals surface area contributed by atoms with E-state index >= 15 is 0 Å². The Kier molecular flexibility index (Phi) is 6.64. The van der Waals surface area contributed by atoms with Crippen LogP contribution in [-0.4, -0.2) is 51.3 Å². The molecule has 3 heterocycles. The van der Waals surface area contributed by atoms with Gasteiger partial charge in [-0.2, -0.15) is 4.31 Å². The molecule has 4 aliphatic rings. The van der Waals surface area contributed by atoms with Gasteiger partial charge < -0.3 is 28.3 Å². The van der Waals surface area contributed by atoms with Crippen LogP contribution in [0.15, 0.2) is 0 Å². The molecule has 0 aromatic carbocycles. The van der Waals surface area contributed by atoms with E-state index in [1.54, 1.807) is 0 Å². The van der Waals surface area contributed by atoms with Crippen molar-refractivity contribution in [3.63, 3.8) is 0 Å². The van der Waals surface area contributed by atoms with Gasteiger partial charge in [0.2, 0.25) is 0 Å². The number of phosphoric acid groups is 3. The minimum atomic E-state index is -5.37. The molecule has 1 saturated carbocycles. The van der Waals surface area contributed by atoms with Crippen LogP contribution in [0.3, 0.4) is 0 Å². The maximum absolute atomic E-state index is 12.0. The zero-order valence-corrected chi connectivity index (χ0v) is 19.5. The lowest BCUT2D eigenvalue weighted by Crippen LogP contribution is -2.65. The second-order valence-corrected chi connectivity index (χ2v) is 13.7. The van der Waals surface area contributed by atoms with Crippen LogP contribution in [0.5, 0.6) is 0 Å². The molecular formula is C6H12O18P6. The fourth-order valence-corrected chi connectivity index (χ4v) is 9.59. The van der Waals surface area contributed by atoms with E-state index in [4.69, 9.17) is 27.1 Å². The third-order valence-corrected chi connectivity index (χ3v) is 11.4. The monoisotopic (exact) mass is 558 g/mol. The van der Waals surface area contributed by atoms with E-state index in [-0.39, 0.29) is 0 Å². The number of rotatable bonds is 0. The molecule has 4 fully saturated rings. The van der Waals surface area contributed by atoms with E-state index in [1.165, 1.54) is 0 Å². The lowest BCUT2D eigenvalue weighted by atomic mass is 9.85. The Bertz CT molecular complexity index is 937. The molecule has 3 N–H and O–H groups in total. The first-order chi connectivity index (χ1) is 13.8. The van der Waals surface area contributed by atoms with Crippen LogP contribution in [0.25, 0.3) is 0 Å². The fourth-order valence-electron chi connectivity index (χ4n) is 3.10. The van der Waals surface area contributed by atoms with Crippen molar-refractivity contribution < 1.29 is 82.1 Å². The highest BCUT2D eigenvalue weighted by Crippen LogP contribution is 2.68. The van der Waals surface area contributed by atoms with Crippen molar-refractivity contribution in [2.24, 2.45) is 0 Å². The van der Waals surface area contributed by atoms with Gasteiger partial charge in [-0.1, -0.05) is 0 Å². The van der Waals surface area contributed by atoms with E-state index in [9.17, 15) is 42.1 Å². The first-order valence-electron chi connectivity index (χ1n) is 7.49. The molecule has 12 unspecified atom stereocenters. The van der Waals surface area contributed by atoms with Gasteiger partial charge in [0, 0.05) is 0 Å².